The average molecular weight is 268 g/mol. The molecule has 0 unspecified atom stereocenters. The first kappa shape index (κ1) is 13.8. The van der Waals surface area contributed by atoms with Gasteiger partial charge in [-0.2, -0.15) is 5.10 Å². The first-order valence-electron chi connectivity index (χ1n) is 6.25. The van der Waals surface area contributed by atoms with Crippen molar-refractivity contribution in [3.05, 3.63) is 54.6 Å². The van der Waals surface area contributed by atoms with Crippen molar-refractivity contribution in [2.45, 2.75) is 6.92 Å². The molecular formula is C16H16N2O2. The molecule has 4 nitrogen and oxygen atoms in total. The highest BCUT2D eigenvalue weighted by Crippen LogP contribution is 2.25. The van der Waals surface area contributed by atoms with Gasteiger partial charge in [0.05, 0.1) is 18.3 Å². The number of H-pyrrole nitrogens is 1. The molecule has 0 spiro atoms. The van der Waals surface area contributed by atoms with E-state index in [1.807, 2.05) is 36.4 Å². The van der Waals surface area contributed by atoms with Crippen LogP contribution in [0.1, 0.15) is 6.92 Å². The van der Waals surface area contributed by atoms with E-state index in [9.17, 15) is 4.79 Å². The normalized spacial score (nSPS) is 9.70. The molecule has 2 aromatic carbocycles. The Hall–Kier alpha value is -2.62. The lowest BCUT2D eigenvalue weighted by atomic mass is 10.1. The highest BCUT2D eigenvalue weighted by atomic mass is 16.5. The van der Waals surface area contributed by atoms with Gasteiger partial charge in [0, 0.05) is 17.9 Å². The first-order chi connectivity index (χ1) is 9.72. The standard InChI is InChI=1S/C13H10N2.C3H6O2/c1-2-6-10(7-3-1)13-11-8-4-5-9-12(11)14-15-13;1-3(4)5-2/h1-9H,(H,14,15);1-2H3. The lowest BCUT2D eigenvalue weighted by Gasteiger charge is -1.95. The Morgan fingerprint density at radius 2 is 1.65 bits per heavy atom. The SMILES string of the molecule is COC(C)=O.c1ccc(-c2n[nH]c3ccccc23)cc1. The third kappa shape index (κ3) is 3.23. The zero-order valence-electron chi connectivity index (χ0n) is 11.5. The Morgan fingerprint density at radius 3 is 2.30 bits per heavy atom. The highest BCUT2D eigenvalue weighted by Gasteiger charge is 2.05. The third-order valence-corrected chi connectivity index (χ3v) is 2.81. The molecule has 0 bridgehead atoms. The number of hydrogen-bond donors (Lipinski definition) is 1. The van der Waals surface area contributed by atoms with Gasteiger partial charge in [-0.15, -0.1) is 0 Å². The number of carbonyl (C=O) groups is 1. The number of aromatic nitrogens is 2. The fourth-order valence-electron chi connectivity index (χ4n) is 1.78. The maximum atomic E-state index is 9.59. The number of carbonyl (C=O) groups excluding carboxylic acids is 1. The van der Waals surface area contributed by atoms with Crippen LogP contribution in [0, 0.1) is 0 Å². The number of fused-ring (bicyclic) bond motifs is 1. The average Bonchev–Trinajstić information content (AvgIpc) is 2.92. The Balaban J connectivity index is 0.000000257. The molecule has 3 aromatic rings. The van der Waals surface area contributed by atoms with E-state index < -0.39 is 0 Å². The molecule has 0 aliphatic rings. The van der Waals surface area contributed by atoms with Gasteiger partial charge >= 0.3 is 5.97 Å². The number of rotatable bonds is 1. The molecule has 4 heteroatoms. The van der Waals surface area contributed by atoms with Gasteiger partial charge in [0.15, 0.2) is 0 Å². The van der Waals surface area contributed by atoms with Crippen molar-refractivity contribution < 1.29 is 9.53 Å². The number of nitrogens with zero attached hydrogens (tertiary/aromatic N) is 1. The molecule has 0 aliphatic carbocycles. The van der Waals surface area contributed by atoms with E-state index in [0.717, 1.165) is 16.8 Å². The van der Waals surface area contributed by atoms with Gasteiger partial charge in [0.25, 0.3) is 0 Å². The second-order valence-corrected chi connectivity index (χ2v) is 4.18. The molecule has 3 rings (SSSR count). The van der Waals surface area contributed by atoms with Crippen molar-refractivity contribution in [3.63, 3.8) is 0 Å². The molecule has 0 atom stereocenters. The van der Waals surface area contributed by atoms with E-state index in [1.165, 1.54) is 19.4 Å². The molecule has 20 heavy (non-hydrogen) atoms. The van der Waals surface area contributed by atoms with E-state index in [2.05, 4.69) is 33.1 Å². The summed E-state index contributed by atoms with van der Waals surface area (Å²) in [5, 5.41) is 8.55. The smallest absolute Gasteiger partial charge is 0.302 e. The molecule has 0 saturated carbocycles. The zero-order valence-corrected chi connectivity index (χ0v) is 11.5. The summed E-state index contributed by atoms with van der Waals surface area (Å²) in [4.78, 5) is 9.59. The van der Waals surface area contributed by atoms with Gasteiger partial charge in [-0.05, 0) is 6.07 Å². The molecule has 102 valence electrons. The molecule has 1 N–H and O–H groups in total. The van der Waals surface area contributed by atoms with Crippen LogP contribution in [0.5, 0.6) is 0 Å². The molecule has 0 fully saturated rings. The van der Waals surface area contributed by atoms with E-state index >= 15 is 0 Å². The maximum absolute atomic E-state index is 9.59. The summed E-state index contributed by atoms with van der Waals surface area (Å²) in [5.41, 5.74) is 3.25. The van der Waals surface area contributed by atoms with Gasteiger partial charge in [-0.25, -0.2) is 0 Å². The fraction of sp³-hybridized carbons (Fsp3) is 0.125. The molecular weight excluding hydrogens is 252 g/mol. The second kappa shape index (κ2) is 6.52. The topological polar surface area (TPSA) is 55.0 Å². The number of benzene rings is 2. The van der Waals surface area contributed by atoms with E-state index in [0.29, 0.717) is 0 Å². The predicted octanol–water partition coefficient (Wildman–Crippen LogP) is 3.41. The number of ether oxygens (including phenoxy) is 1. The second-order valence-electron chi connectivity index (χ2n) is 4.18. The summed E-state index contributed by atoms with van der Waals surface area (Å²) in [7, 11) is 1.35. The lowest BCUT2D eigenvalue weighted by molar-refractivity contribution is -0.137. The van der Waals surface area contributed by atoms with Crippen LogP contribution in [-0.2, 0) is 9.53 Å². The Bertz CT molecular complexity index is 690. The number of methoxy groups -OCH3 is 1. The number of esters is 1. The van der Waals surface area contributed by atoms with Crippen LogP contribution in [0.2, 0.25) is 0 Å². The third-order valence-electron chi connectivity index (χ3n) is 2.81. The van der Waals surface area contributed by atoms with Crippen LogP contribution in [0.25, 0.3) is 22.2 Å². The van der Waals surface area contributed by atoms with Crippen molar-refractivity contribution in [2.24, 2.45) is 0 Å². The van der Waals surface area contributed by atoms with Crippen molar-refractivity contribution in [1.82, 2.24) is 10.2 Å². The minimum atomic E-state index is -0.245. The predicted molar refractivity (Wildman–Crippen MR) is 79.2 cm³/mol. The van der Waals surface area contributed by atoms with Crippen molar-refractivity contribution >= 4 is 16.9 Å². The highest BCUT2D eigenvalue weighted by molar-refractivity contribution is 5.92. The van der Waals surface area contributed by atoms with E-state index in [-0.39, 0.29) is 5.97 Å². The quantitative estimate of drug-likeness (QED) is 0.688. The number of para-hydroxylation sites is 1. The Labute approximate surface area is 117 Å². The zero-order chi connectivity index (χ0) is 14.4. The van der Waals surface area contributed by atoms with Crippen LogP contribution in [0.4, 0.5) is 0 Å². The van der Waals surface area contributed by atoms with Gasteiger partial charge in [0.2, 0.25) is 0 Å². The molecule has 0 aliphatic heterocycles. The minimum absolute atomic E-state index is 0.245. The maximum Gasteiger partial charge on any atom is 0.302 e. The molecule has 0 radical (unpaired) electrons. The minimum Gasteiger partial charge on any atom is -0.469 e. The van der Waals surface area contributed by atoms with Gasteiger partial charge in [0.1, 0.15) is 0 Å². The van der Waals surface area contributed by atoms with Crippen molar-refractivity contribution in [2.75, 3.05) is 7.11 Å². The summed E-state index contributed by atoms with van der Waals surface area (Å²) in [6.07, 6.45) is 0. The Kier molecular flexibility index (Phi) is 4.50. The van der Waals surface area contributed by atoms with E-state index in [4.69, 9.17) is 0 Å². The molecule has 1 heterocycles. The number of nitrogens with one attached hydrogen (secondary N) is 1. The molecule has 0 amide bonds. The Morgan fingerprint density at radius 1 is 1.05 bits per heavy atom. The van der Waals surface area contributed by atoms with Crippen LogP contribution in [-0.4, -0.2) is 23.3 Å². The monoisotopic (exact) mass is 268 g/mol. The van der Waals surface area contributed by atoms with Crippen LogP contribution in [0.15, 0.2) is 54.6 Å². The molecule has 1 aromatic heterocycles. The lowest BCUT2D eigenvalue weighted by Crippen LogP contribution is -1.88. The molecule has 0 saturated heterocycles. The van der Waals surface area contributed by atoms with Gasteiger partial charge in [-0.3, -0.25) is 9.89 Å². The summed E-state index contributed by atoms with van der Waals surface area (Å²) >= 11 is 0. The number of aromatic amines is 1. The van der Waals surface area contributed by atoms with Crippen LogP contribution in [0.3, 0.4) is 0 Å². The fourth-order valence-corrected chi connectivity index (χ4v) is 1.78. The van der Waals surface area contributed by atoms with Crippen LogP contribution >= 0.6 is 0 Å². The number of hydrogen-bond acceptors (Lipinski definition) is 3. The summed E-state index contributed by atoms with van der Waals surface area (Å²) < 4.78 is 4.11. The van der Waals surface area contributed by atoms with Crippen molar-refractivity contribution in [1.29, 1.82) is 0 Å². The largest absolute Gasteiger partial charge is 0.469 e. The summed E-state index contributed by atoms with van der Waals surface area (Å²) in [6, 6.07) is 18.4. The van der Waals surface area contributed by atoms with E-state index in [1.54, 1.807) is 0 Å². The summed E-state index contributed by atoms with van der Waals surface area (Å²) in [5.74, 6) is -0.245. The van der Waals surface area contributed by atoms with Gasteiger partial charge in [-0.1, -0.05) is 48.5 Å². The first-order valence-corrected chi connectivity index (χ1v) is 6.25. The van der Waals surface area contributed by atoms with Crippen LogP contribution < -0.4 is 0 Å². The van der Waals surface area contributed by atoms with Gasteiger partial charge < -0.3 is 4.74 Å². The summed E-state index contributed by atoms with van der Waals surface area (Å²) in [6.45, 7) is 1.36. The van der Waals surface area contributed by atoms with Crippen molar-refractivity contribution in [3.8, 4) is 11.3 Å².